The molecule has 0 radical (unpaired) electrons. The van der Waals surface area contributed by atoms with E-state index in [4.69, 9.17) is 28.2 Å². The molecule has 1 fully saturated rings. The molecule has 1 amide bonds. The van der Waals surface area contributed by atoms with Gasteiger partial charge in [-0.2, -0.15) is 0 Å². The lowest BCUT2D eigenvalue weighted by Crippen LogP contribution is -2.33. The highest BCUT2D eigenvalue weighted by molar-refractivity contribution is 6.37. The van der Waals surface area contributed by atoms with Crippen LogP contribution in [0.3, 0.4) is 0 Å². The first kappa shape index (κ1) is 23.5. The van der Waals surface area contributed by atoms with E-state index in [0.717, 1.165) is 31.4 Å². The van der Waals surface area contributed by atoms with Crippen LogP contribution in [-0.2, 0) is 11.4 Å². The summed E-state index contributed by atoms with van der Waals surface area (Å²) in [7, 11) is 0. The number of rotatable bonds is 6. The number of hydrogen-bond donors (Lipinski definition) is 4. The standard InChI is InChI=1S/C24H26Cl2N4O3/c1-13(32)27-10-14-2-4-17(5-3-14)29-22-16(12-31)11-28-21-7-6-20(30-23(21)22)15-8-18(25)24(33)19(26)9-15/h6-9,11,14,17,31,33H,2-5,10,12H2,1H3,(H,27,32)(H,28,29). The predicted octanol–water partition coefficient (Wildman–Crippen LogP) is 4.91. The van der Waals surface area contributed by atoms with Crippen molar-refractivity contribution in [2.75, 3.05) is 11.9 Å². The van der Waals surface area contributed by atoms with Gasteiger partial charge in [0.15, 0.2) is 5.75 Å². The van der Waals surface area contributed by atoms with E-state index in [0.29, 0.717) is 40.3 Å². The van der Waals surface area contributed by atoms with Crippen LogP contribution in [0.2, 0.25) is 10.0 Å². The fraction of sp³-hybridized carbons (Fsp3) is 0.375. The van der Waals surface area contributed by atoms with Crippen molar-refractivity contribution in [3.05, 3.63) is 46.1 Å². The summed E-state index contributed by atoms with van der Waals surface area (Å²) in [6.45, 7) is 2.09. The van der Waals surface area contributed by atoms with E-state index in [1.165, 1.54) is 0 Å². The first-order valence-electron chi connectivity index (χ1n) is 10.9. The summed E-state index contributed by atoms with van der Waals surface area (Å²) in [5.41, 5.74) is 4.10. The molecule has 0 atom stereocenters. The minimum Gasteiger partial charge on any atom is -0.505 e. The molecule has 0 spiro atoms. The maximum Gasteiger partial charge on any atom is 0.216 e. The Bertz CT molecular complexity index is 1160. The molecule has 0 unspecified atom stereocenters. The van der Waals surface area contributed by atoms with Crippen molar-refractivity contribution in [1.82, 2.24) is 15.3 Å². The molecule has 0 bridgehead atoms. The molecule has 9 heteroatoms. The summed E-state index contributed by atoms with van der Waals surface area (Å²) in [6.07, 6.45) is 5.61. The van der Waals surface area contributed by atoms with Gasteiger partial charge in [0.25, 0.3) is 0 Å². The summed E-state index contributed by atoms with van der Waals surface area (Å²) in [5, 5.41) is 26.6. The Morgan fingerprint density at radius 1 is 1.15 bits per heavy atom. The summed E-state index contributed by atoms with van der Waals surface area (Å²) < 4.78 is 0. The summed E-state index contributed by atoms with van der Waals surface area (Å²) in [6, 6.07) is 7.15. The normalized spacial score (nSPS) is 18.3. The van der Waals surface area contributed by atoms with Crippen LogP contribution in [0.1, 0.15) is 38.2 Å². The maximum absolute atomic E-state index is 11.2. The lowest BCUT2D eigenvalue weighted by atomic mass is 9.85. The zero-order valence-corrected chi connectivity index (χ0v) is 19.7. The molecule has 2 aromatic heterocycles. The zero-order valence-electron chi connectivity index (χ0n) is 18.2. The number of aliphatic hydroxyl groups excluding tert-OH is 1. The van der Waals surface area contributed by atoms with Crippen LogP contribution in [0.15, 0.2) is 30.5 Å². The van der Waals surface area contributed by atoms with Gasteiger partial charge in [-0.15, -0.1) is 0 Å². The fourth-order valence-corrected chi connectivity index (χ4v) is 4.75. The first-order valence-corrected chi connectivity index (χ1v) is 11.7. The smallest absolute Gasteiger partial charge is 0.216 e. The second kappa shape index (κ2) is 10.1. The molecule has 2 heterocycles. The molecule has 33 heavy (non-hydrogen) atoms. The molecule has 3 aromatic rings. The van der Waals surface area contributed by atoms with Crippen LogP contribution in [0.25, 0.3) is 22.3 Å². The topological polar surface area (TPSA) is 107 Å². The van der Waals surface area contributed by atoms with Crippen molar-refractivity contribution >= 4 is 45.8 Å². The molecular weight excluding hydrogens is 463 g/mol. The Balaban J connectivity index is 1.62. The third kappa shape index (κ3) is 5.32. The molecule has 1 aromatic carbocycles. The van der Waals surface area contributed by atoms with Gasteiger partial charge in [-0.1, -0.05) is 23.2 Å². The average Bonchev–Trinajstić information content (AvgIpc) is 2.81. The third-order valence-corrected chi connectivity index (χ3v) is 6.69. The number of aliphatic hydroxyl groups is 1. The lowest BCUT2D eigenvalue weighted by Gasteiger charge is -2.30. The van der Waals surface area contributed by atoms with E-state index in [1.807, 2.05) is 12.1 Å². The minimum absolute atomic E-state index is 0.00386. The number of fused-ring (bicyclic) bond motifs is 1. The van der Waals surface area contributed by atoms with Crippen molar-refractivity contribution in [2.45, 2.75) is 45.3 Å². The predicted molar refractivity (Wildman–Crippen MR) is 131 cm³/mol. The number of phenolic OH excluding ortho intramolecular Hbond substituents is 1. The van der Waals surface area contributed by atoms with E-state index in [2.05, 4.69) is 15.6 Å². The first-order chi connectivity index (χ1) is 15.9. The minimum atomic E-state index is -0.163. The Morgan fingerprint density at radius 3 is 2.48 bits per heavy atom. The molecule has 0 saturated heterocycles. The highest BCUT2D eigenvalue weighted by Crippen LogP contribution is 2.37. The summed E-state index contributed by atoms with van der Waals surface area (Å²) in [5.74, 6) is 0.319. The number of hydrogen-bond acceptors (Lipinski definition) is 6. The van der Waals surface area contributed by atoms with Crippen LogP contribution in [0, 0.1) is 5.92 Å². The number of aromatic nitrogens is 2. The summed E-state index contributed by atoms with van der Waals surface area (Å²) in [4.78, 5) is 20.4. The molecular formula is C24H26Cl2N4O3. The third-order valence-electron chi connectivity index (χ3n) is 6.11. The van der Waals surface area contributed by atoms with Crippen LogP contribution in [-0.4, -0.2) is 38.7 Å². The Kier molecular flexibility index (Phi) is 7.22. The van der Waals surface area contributed by atoms with Gasteiger partial charge >= 0.3 is 0 Å². The van der Waals surface area contributed by atoms with E-state index < -0.39 is 0 Å². The van der Waals surface area contributed by atoms with Gasteiger partial charge in [0, 0.05) is 36.8 Å². The van der Waals surface area contributed by atoms with Crippen LogP contribution in [0.5, 0.6) is 5.75 Å². The molecule has 0 aliphatic heterocycles. The number of carbonyl (C=O) groups is 1. The van der Waals surface area contributed by atoms with Crippen molar-refractivity contribution < 1.29 is 15.0 Å². The van der Waals surface area contributed by atoms with E-state index in [9.17, 15) is 15.0 Å². The Morgan fingerprint density at radius 2 is 1.85 bits per heavy atom. The van der Waals surface area contributed by atoms with E-state index in [-0.39, 0.29) is 34.4 Å². The highest BCUT2D eigenvalue weighted by Gasteiger charge is 2.23. The SMILES string of the molecule is CC(=O)NCC1CCC(Nc2c(CO)cnc3ccc(-c4cc(Cl)c(O)c(Cl)c4)nc23)CC1. The maximum atomic E-state index is 11.2. The van der Waals surface area contributed by atoms with Crippen LogP contribution in [0.4, 0.5) is 5.69 Å². The summed E-state index contributed by atoms with van der Waals surface area (Å²) >= 11 is 12.2. The Hall–Kier alpha value is -2.61. The molecule has 174 valence electrons. The number of carbonyl (C=O) groups excluding carboxylic acids is 1. The lowest BCUT2D eigenvalue weighted by molar-refractivity contribution is -0.119. The van der Waals surface area contributed by atoms with Crippen molar-refractivity contribution in [3.8, 4) is 17.0 Å². The number of aromatic hydroxyl groups is 1. The number of halogens is 2. The molecule has 1 saturated carbocycles. The van der Waals surface area contributed by atoms with E-state index >= 15 is 0 Å². The van der Waals surface area contributed by atoms with Crippen molar-refractivity contribution in [3.63, 3.8) is 0 Å². The molecule has 4 N–H and O–H groups in total. The molecule has 1 aliphatic carbocycles. The van der Waals surface area contributed by atoms with Crippen LogP contribution < -0.4 is 10.6 Å². The van der Waals surface area contributed by atoms with Crippen LogP contribution >= 0.6 is 23.2 Å². The van der Waals surface area contributed by atoms with E-state index in [1.54, 1.807) is 25.3 Å². The number of benzene rings is 1. The van der Waals surface area contributed by atoms with Gasteiger partial charge < -0.3 is 20.8 Å². The number of amides is 1. The molecule has 1 aliphatic rings. The number of nitrogens with zero attached hydrogens (tertiary/aromatic N) is 2. The van der Waals surface area contributed by atoms with Crippen molar-refractivity contribution in [1.29, 1.82) is 0 Å². The number of phenols is 1. The number of anilines is 1. The van der Waals surface area contributed by atoms with Gasteiger partial charge in [0.05, 0.1) is 33.6 Å². The largest absolute Gasteiger partial charge is 0.505 e. The highest BCUT2D eigenvalue weighted by atomic mass is 35.5. The van der Waals surface area contributed by atoms with Gasteiger partial charge in [-0.25, -0.2) is 4.98 Å². The van der Waals surface area contributed by atoms with Gasteiger partial charge in [0.2, 0.25) is 5.91 Å². The number of pyridine rings is 2. The quantitative estimate of drug-likeness (QED) is 0.392. The average molecular weight is 489 g/mol. The second-order valence-electron chi connectivity index (χ2n) is 8.47. The molecule has 7 nitrogen and oxygen atoms in total. The van der Waals surface area contributed by atoms with Gasteiger partial charge in [-0.3, -0.25) is 9.78 Å². The van der Waals surface area contributed by atoms with Gasteiger partial charge in [-0.05, 0) is 55.9 Å². The second-order valence-corrected chi connectivity index (χ2v) is 9.28. The number of nitrogens with one attached hydrogen (secondary N) is 2. The van der Waals surface area contributed by atoms with Crippen molar-refractivity contribution in [2.24, 2.45) is 5.92 Å². The zero-order chi connectivity index (χ0) is 23.5. The monoisotopic (exact) mass is 488 g/mol. The fourth-order valence-electron chi connectivity index (χ4n) is 4.26. The van der Waals surface area contributed by atoms with Gasteiger partial charge in [0.1, 0.15) is 5.52 Å². The molecule has 4 rings (SSSR count). The Labute approximate surface area is 202 Å².